The van der Waals surface area contributed by atoms with Gasteiger partial charge in [-0.05, 0) is 20.8 Å². The number of carbonyl (C=O) groups excluding carboxylic acids is 1. The van der Waals surface area contributed by atoms with Crippen LogP contribution in [0.4, 0.5) is 0 Å². The van der Waals surface area contributed by atoms with E-state index in [1.807, 2.05) is 20.8 Å². The summed E-state index contributed by atoms with van der Waals surface area (Å²) in [5.74, 6) is 0.346. The van der Waals surface area contributed by atoms with E-state index in [2.05, 4.69) is 12.6 Å². The van der Waals surface area contributed by atoms with Crippen molar-refractivity contribution in [3.8, 4) is 0 Å². The molecule has 0 fully saturated rings. The van der Waals surface area contributed by atoms with Crippen molar-refractivity contribution in [3.63, 3.8) is 0 Å². The van der Waals surface area contributed by atoms with Crippen molar-refractivity contribution >= 4 is 18.6 Å². The molecule has 0 spiro atoms. The van der Waals surface area contributed by atoms with Gasteiger partial charge < -0.3 is 18.9 Å². The molecule has 0 N–H and O–H groups in total. The average molecular weight is 280 g/mol. The summed E-state index contributed by atoms with van der Waals surface area (Å²) in [6, 6.07) is 0. The molecular weight excluding hydrogens is 256 g/mol. The first-order chi connectivity index (χ1) is 8.45. The second kappa shape index (κ2) is 10.6. The van der Waals surface area contributed by atoms with Gasteiger partial charge in [-0.15, -0.1) is 0 Å². The van der Waals surface area contributed by atoms with Crippen LogP contribution in [0.15, 0.2) is 0 Å². The highest BCUT2D eigenvalue weighted by Crippen LogP contribution is 2.06. The third-order valence-electron chi connectivity index (χ3n) is 1.62. The Labute approximate surface area is 115 Å². The van der Waals surface area contributed by atoms with Crippen LogP contribution in [0, 0.1) is 0 Å². The van der Waals surface area contributed by atoms with Crippen LogP contribution in [0.5, 0.6) is 0 Å². The Balaban J connectivity index is 3.23. The first-order valence-corrected chi connectivity index (χ1v) is 6.65. The van der Waals surface area contributed by atoms with E-state index >= 15 is 0 Å². The summed E-state index contributed by atoms with van der Waals surface area (Å²) in [5.41, 5.74) is -0.471. The molecular formula is C12H24O5S. The van der Waals surface area contributed by atoms with Gasteiger partial charge in [0.25, 0.3) is 0 Å². The molecule has 0 aliphatic heterocycles. The lowest BCUT2D eigenvalue weighted by Crippen LogP contribution is -2.27. The van der Waals surface area contributed by atoms with Crippen LogP contribution in [0.1, 0.15) is 20.8 Å². The number of ether oxygens (including phenoxy) is 4. The van der Waals surface area contributed by atoms with Crippen LogP contribution in [0.2, 0.25) is 0 Å². The minimum Gasteiger partial charge on any atom is -0.458 e. The molecule has 0 saturated carbocycles. The van der Waals surface area contributed by atoms with E-state index in [0.717, 1.165) is 0 Å². The first kappa shape index (κ1) is 17.7. The maximum absolute atomic E-state index is 11.3. The smallest absolute Gasteiger partial charge is 0.332 e. The van der Waals surface area contributed by atoms with Crippen LogP contribution in [0.3, 0.4) is 0 Å². The predicted octanol–water partition coefficient (Wildman–Crippen LogP) is 1.31. The van der Waals surface area contributed by atoms with Gasteiger partial charge in [0.1, 0.15) is 12.2 Å². The van der Waals surface area contributed by atoms with Gasteiger partial charge in [0.15, 0.2) is 0 Å². The Kier molecular flexibility index (Phi) is 10.4. The van der Waals surface area contributed by atoms with Gasteiger partial charge in [0.05, 0.1) is 33.0 Å². The Morgan fingerprint density at radius 1 is 0.944 bits per heavy atom. The fraction of sp³-hybridized carbons (Fsp3) is 0.917. The van der Waals surface area contributed by atoms with Gasteiger partial charge in [0, 0.05) is 5.75 Å². The molecule has 0 aliphatic rings. The summed E-state index contributed by atoms with van der Waals surface area (Å²) in [7, 11) is 0. The highest BCUT2D eigenvalue weighted by molar-refractivity contribution is 7.80. The molecule has 0 heterocycles. The summed E-state index contributed by atoms with van der Waals surface area (Å²) in [4.78, 5) is 11.3. The van der Waals surface area contributed by atoms with Crippen molar-refractivity contribution in [2.24, 2.45) is 0 Å². The summed E-state index contributed by atoms with van der Waals surface area (Å²) in [6.07, 6.45) is 0. The third-order valence-corrected chi connectivity index (χ3v) is 1.80. The monoisotopic (exact) mass is 280 g/mol. The van der Waals surface area contributed by atoms with E-state index in [1.165, 1.54) is 0 Å². The molecule has 5 nitrogen and oxygen atoms in total. The summed E-state index contributed by atoms with van der Waals surface area (Å²) >= 11 is 4.01. The quantitative estimate of drug-likeness (QED) is 0.371. The van der Waals surface area contributed by atoms with E-state index < -0.39 is 5.60 Å². The number of thiol groups is 1. The fourth-order valence-corrected chi connectivity index (χ4v) is 1.16. The Morgan fingerprint density at radius 2 is 1.44 bits per heavy atom. The standard InChI is InChI=1S/C12H24O5S/c1-12(2,3)17-11(13)10-16-7-6-14-4-5-15-8-9-18/h18H,4-10H2,1-3H3. The number of hydrogen-bond donors (Lipinski definition) is 1. The minimum atomic E-state index is -0.471. The molecule has 108 valence electrons. The zero-order valence-electron chi connectivity index (χ0n) is 11.4. The number of carbonyl (C=O) groups is 1. The van der Waals surface area contributed by atoms with Gasteiger partial charge in [-0.25, -0.2) is 4.79 Å². The molecule has 0 amide bonds. The van der Waals surface area contributed by atoms with Gasteiger partial charge in [-0.1, -0.05) is 0 Å². The van der Waals surface area contributed by atoms with Gasteiger partial charge in [-0.2, -0.15) is 12.6 Å². The predicted molar refractivity (Wildman–Crippen MR) is 72.2 cm³/mol. The molecule has 0 radical (unpaired) electrons. The zero-order chi connectivity index (χ0) is 13.9. The molecule has 0 aliphatic carbocycles. The van der Waals surface area contributed by atoms with E-state index in [0.29, 0.717) is 38.8 Å². The fourth-order valence-electron chi connectivity index (χ4n) is 1.03. The van der Waals surface area contributed by atoms with Gasteiger partial charge in [0.2, 0.25) is 0 Å². The third kappa shape index (κ3) is 13.8. The molecule has 0 atom stereocenters. The second-order valence-electron chi connectivity index (χ2n) is 4.59. The summed E-state index contributed by atoms with van der Waals surface area (Å²) in [6.45, 7) is 7.91. The summed E-state index contributed by atoms with van der Waals surface area (Å²) < 4.78 is 20.6. The lowest BCUT2D eigenvalue weighted by molar-refractivity contribution is -0.160. The Hall–Kier alpha value is -0.300. The SMILES string of the molecule is CC(C)(C)OC(=O)COCCOCCOCCS. The van der Waals surface area contributed by atoms with Crippen LogP contribution in [-0.2, 0) is 23.7 Å². The van der Waals surface area contributed by atoms with Crippen LogP contribution < -0.4 is 0 Å². The molecule has 0 rings (SSSR count). The van der Waals surface area contributed by atoms with Crippen molar-refractivity contribution in [1.82, 2.24) is 0 Å². The van der Waals surface area contributed by atoms with E-state index in [9.17, 15) is 4.79 Å². The van der Waals surface area contributed by atoms with Crippen molar-refractivity contribution < 1.29 is 23.7 Å². The van der Waals surface area contributed by atoms with Crippen LogP contribution >= 0.6 is 12.6 Å². The molecule has 0 aromatic rings. The van der Waals surface area contributed by atoms with Gasteiger partial charge >= 0.3 is 5.97 Å². The van der Waals surface area contributed by atoms with Crippen LogP contribution in [0.25, 0.3) is 0 Å². The highest BCUT2D eigenvalue weighted by atomic mass is 32.1. The lowest BCUT2D eigenvalue weighted by Gasteiger charge is -2.19. The van der Waals surface area contributed by atoms with Gasteiger partial charge in [-0.3, -0.25) is 0 Å². The van der Waals surface area contributed by atoms with Crippen LogP contribution in [-0.4, -0.2) is 57.0 Å². The second-order valence-corrected chi connectivity index (χ2v) is 5.03. The molecule has 6 heteroatoms. The largest absolute Gasteiger partial charge is 0.458 e. The van der Waals surface area contributed by atoms with Crippen molar-refractivity contribution in [2.75, 3.05) is 45.4 Å². The molecule has 0 bridgehead atoms. The number of esters is 1. The Morgan fingerprint density at radius 3 is 1.94 bits per heavy atom. The maximum atomic E-state index is 11.3. The Bertz CT molecular complexity index is 215. The zero-order valence-corrected chi connectivity index (χ0v) is 12.3. The average Bonchev–Trinajstić information content (AvgIpc) is 2.24. The molecule has 0 unspecified atom stereocenters. The van der Waals surface area contributed by atoms with E-state index in [1.54, 1.807) is 0 Å². The normalized spacial score (nSPS) is 11.6. The topological polar surface area (TPSA) is 54.0 Å². The summed E-state index contributed by atoms with van der Waals surface area (Å²) in [5, 5.41) is 0. The number of hydrogen-bond acceptors (Lipinski definition) is 6. The molecule has 18 heavy (non-hydrogen) atoms. The molecule has 0 aromatic carbocycles. The highest BCUT2D eigenvalue weighted by Gasteiger charge is 2.15. The number of rotatable bonds is 10. The van der Waals surface area contributed by atoms with Crippen molar-refractivity contribution in [1.29, 1.82) is 0 Å². The first-order valence-electron chi connectivity index (χ1n) is 6.01. The lowest BCUT2D eigenvalue weighted by atomic mass is 10.2. The van der Waals surface area contributed by atoms with E-state index in [4.69, 9.17) is 18.9 Å². The van der Waals surface area contributed by atoms with Crippen molar-refractivity contribution in [3.05, 3.63) is 0 Å². The van der Waals surface area contributed by atoms with Crippen molar-refractivity contribution in [2.45, 2.75) is 26.4 Å². The van der Waals surface area contributed by atoms with E-state index in [-0.39, 0.29) is 12.6 Å². The maximum Gasteiger partial charge on any atom is 0.332 e. The minimum absolute atomic E-state index is 0.0449. The molecule has 0 aromatic heterocycles. The molecule has 0 saturated heterocycles.